The van der Waals surface area contributed by atoms with Crippen molar-refractivity contribution in [3.63, 3.8) is 0 Å². The maximum atomic E-state index is 12.7. The van der Waals surface area contributed by atoms with Crippen LogP contribution in [-0.4, -0.2) is 35.9 Å². The summed E-state index contributed by atoms with van der Waals surface area (Å²) in [6.07, 6.45) is 0. The molecular formula is C20H14Br2N2O4. The van der Waals surface area contributed by atoms with Crippen LogP contribution in [0.2, 0.25) is 0 Å². The lowest BCUT2D eigenvalue weighted by Gasteiger charge is -2.06. The zero-order valence-corrected chi connectivity index (χ0v) is 18.0. The molecule has 0 saturated heterocycles. The van der Waals surface area contributed by atoms with Crippen LogP contribution in [-0.2, 0) is 0 Å². The molecule has 0 bridgehead atoms. The number of aromatic hydroxyl groups is 1. The zero-order valence-electron chi connectivity index (χ0n) is 14.8. The number of benzene rings is 2. The molecule has 0 aliphatic carbocycles. The number of nitrogens with zero attached hydrogens (tertiary/aromatic N) is 1. The summed E-state index contributed by atoms with van der Waals surface area (Å²) in [4.78, 5) is 19.8. The highest BCUT2D eigenvalue weighted by Crippen LogP contribution is 2.40. The first-order chi connectivity index (χ1) is 13.4. The van der Waals surface area contributed by atoms with Gasteiger partial charge in [-0.1, -0.05) is 0 Å². The van der Waals surface area contributed by atoms with E-state index in [4.69, 9.17) is 9.47 Å². The lowest BCUT2D eigenvalue weighted by atomic mass is 10.00. The van der Waals surface area contributed by atoms with Gasteiger partial charge < -0.3 is 19.6 Å². The van der Waals surface area contributed by atoms with Crippen molar-refractivity contribution in [2.24, 2.45) is 4.99 Å². The van der Waals surface area contributed by atoms with Crippen LogP contribution in [0.4, 0.5) is 0 Å². The maximum Gasteiger partial charge on any atom is 0.280 e. The third-order valence-electron chi connectivity index (χ3n) is 4.51. The molecule has 142 valence electrons. The Balaban J connectivity index is 1.83. The fraction of sp³-hybridized carbons (Fsp3) is 0.100. The Hall–Kier alpha value is -2.58. The van der Waals surface area contributed by atoms with E-state index in [0.717, 1.165) is 14.5 Å². The molecule has 4 rings (SSSR count). The van der Waals surface area contributed by atoms with Crippen molar-refractivity contribution in [1.29, 1.82) is 0 Å². The summed E-state index contributed by atoms with van der Waals surface area (Å²) in [6.45, 7) is 0. The first-order valence-corrected chi connectivity index (χ1v) is 9.79. The molecule has 0 fully saturated rings. The van der Waals surface area contributed by atoms with Gasteiger partial charge in [0.25, 0.3) is 5.91 Å². The van der Waals surface area contributed by atoms with Gasteiger partial charge >= 0.3 is 0 Å². The molecule has 1 aliphatic heterocycles. The predicted molar refractivity (Wildman–Crippen MR) is 113 cm³/mol. The van der Waals surface area contributed by atoms with Gasteiger partial charge in [0.15, 0.2) is 5.88 Å². The van der Waals surface area contributed by atoms with Gasteiger partial charge in [-0.15, -0.1) is 0 Å². The number of hydrogen-bond acceptors (Lipinski definition) is 4. The number of fused-ring (bicyclic) bond motifs is 1. The predicted octanol–water partition coefficient (Wildman–Crippen LogP) is 4.92. The van der Waals surface area contributed by atoms with Gasteiger partial charge in [-0.25, -0.2) is 4.99 Å². The van der Waals surface area contributed by atoms with Crippen molar-refractivity contribution in [1.82, 2.24) is 4.98 Å². The van der Waals surface area contributed by atoms with Crippen LogP contribution < -0.4 is 9.47 Å². The lowest BCUT2D eigenvalue weighted by Crippen LogP contribution is -2.00. The Labute approximate surface area is 177 Å². The van der Waals surface area contributed by atoms with Gasteiger partial charge in [-0.2, -0.15) is 0 Å². The second-order valence-electron chi connectivity index (χ2n) is 6.06. The minimum absolute atomic E-state index is 0.103. The van der Waals surface area contributed by atoms with Crippen LogP contribution >= 0.6 is 31.9 Å². The van der Waals surface area contributed by atoms with E-state index in [1.54, 1.807) is 38.5 Å². The van der Waals surface area contributed by atoms with Gasteiger partial charge in [-0.3, -0.25) is 4.79 Å². The van der Waals surface area contributed by atoms with E-state index < -0.39 is 5.91 Å². The largest absolute Gasteiger partial charge is 0.496 e. The normalized spacial score (nSPS) is 12.7. The van der Waals surface area contributed by atoms with E-state index in [1.807, 2.05) is 12.1 Å². The molecule has 8 heteroatoms. The molecule has 1 aliphatic rings. The average molecular weight is 506 g/mol. The number of methoxy groups -OCH3 is 2. The average Bonchev–Trinajstić information content (AvgIpc) is 3.20. The summed E-state index contributed by atoms with van der Waals surface area (Å²) in [5, 5.41) is 10.5. The van der Waals surface area contributed by atoms with E-state index >= 15 is 0 Å². The number of hydrogen-bond donors (Lipinski definition) is 2. The molecule has 0 spiro atoms. The van der Waals surface area contributed by atoms with Crippen molar-refractivity contribution >= 4 is 43.5 Å². The Morgan fingerprint density at radius 1 is 0.929 bits per heavy atom. The Morgan fingerprint density at radius 2 is 1.50 bits per heavy atom. The number of aromatic amines is 1. The van der Waals surface area contributed by atoms with E-state index in [1.165, 1.54) is 0 Å². The Kier molecular flexibility index (Phi) is 4.76. The molecule has 3 aromatic rings. The third-order valence-corrected chi connectivity index (χ3v) is 5.75. The van der Waals surface area contributed by atoms with Gasteiger partial charge in [0.05, 0.1) is 45.7 Å². The Morgan fingerprint density at radius 3 is 2.07 bits per heavy atom. The maximum absolute atomic E-state index is 12.7. The first-order valence-electron chi connectivity index (χ1n) is 8.20. The Bertz CT molecular complexity index is 1150. The fourth-order valence-electron chi connectivity index (χ4n) is 3.21. The molecule has 0 unspecified atom stereocenters. The number of halogens is 2. The fourth-order valence-corrected chi connectivity index (χ4v) is 4.29. The number of nitrogens with one attached hydrogen (secondary N) is 1. The lowest BCUT2D eigenvalue weighted by molar-refractivity contribution is 0.101. The highest BCUT2D eigenvalue weighted by Gasteiger charge is 2.33. The van der Waals surface area contributed by atoms with Gasteiger partial charge in [0, 0.05) is 11.1 Å². The number of carbonyl (C=O) groups excluding carboxylic acids is 1. The summed E-state index contributed by atoms with van der Waals surface area (Å²) in [6, 6.07) is 10.8. The summed E-state index contributed by atoms with van der Waals surface area (Å²) >= 11 is 6.88. The van der Waals surface area contributed by atoms with Crippen LogP contribution in [0.15, 0.2) is 50.3 Å². The number of aliphatic imine (C=N–C) groups is 1. The standard InChI is InChI=1S/C20H14Br2N2O4/c1-27-13-5-3-9(7-11(13)21)17-15-16(20(26)23-17)18(24-19(15)25)10-4-6-14(28-2)12(22)8-10/h3-8,23,26H,1-2H3. The molecule has 2 N–H and O–H groups in total. The summed E-state index contributed by atoms with van der Waals surface area (Å²) in [5.74, 6) is 0.822. The minimum atomic E-state index is -0.407. The summed E-state index contributed by atoms with van der Waals surface area (Å²) in [5.41, 5.74) is 3.07. The number of H-pyrrole nitrogens is 1. The minimum Gasteiger partial charge on any atom is -0.496 e. The van der Waals surface area contributed by atoms with Gasteiger partial charge in [0.2, 0.25) is 0 Å². The van der Waals surface area contributed by atoms with E-state index in [-0.39, 0.29) is 5.88 Å². The van der Waals surface area contributed by atoms with Gasteiger partial charge in [-0.05, 0) is 68.3 Å². The number of carbonyl (C=O) groups is 1. The van der Waals surface area contributed by atoms with Crippen molar-refractivity contribution in [2.75, 3.05) is 14.2 Å². The van der Waals surface area contributed by atoms with Crippen molar-refractivity contribution in [2.45, 2.75) is 0 Å². The van der Waals surface area contributed by atoms with Crippen LogP contribution in [0.5, 0.6) is 17.4 Å². The topological polar surface area (TPSA) is 83.9 Å². The first kappa shape index (κ1) is 18.8. The summed E-state index contributed by atoms with van der Waals surface area (Å²) < 4.78 is 12.0. The molecule has 2 aromatic carbocycles. The van der Waals surface area contributed by atoms with Crippen molar-refractivity contribution in [3.05, 3.63) is 62.0 Å². The molecule has 2 heterocycles. The van der Waals surface area contributed by atoms with Crippen LogP contribution in [0.25, 0.3) is 11.3 Å². The van der Waals surface area contributed by atoms with Gasteiger partial charge in [0.1, 0.15) is 11.5 Å². The van der Waals surface area contributed by atoms with E-state index in [0.29, 0.717) is 39.6 Å². The number of ether oxygens (including phenoxy) is 2. The zero-order chi connectivity index (χ0) is 20.0. The number of aromatic nitrogens is 1. The van der Waals surface area contributed by atoms with Crippen LogP contribution in [0.1, 0.15) is 21.5 Å². The number of amides is 1. The molecule has 28 heavy (non-hydrogen) atoms. The van der Waals surface area contributed by atoms with Crippen molar-refractivity contribution < 1.29 is 19.4 Å². The third kappa shape index (κ3) is 2.93. The quantitative estimate of drug-likeness (QED) is 0.527. The highest BCUT2D eigenvalue weighted by molar-refractivity contribution is 9.10. The molecule has 0 radical (unpaired) electrons. The van der Waals surface area contributed by atoms with E-state index in [9.17, 15) is 9.90 Å². The molecule has 0 saturated carbocycles. The molecule has 0 atom stereocenters. The van der Waals surface area contributed by atoms with Crippen molar-refractivity contribution in [3.8, 4) is 28.6 Å². The number of rotatable bonds is 4. The molecule has 6 nitrogen and oxygen atoms in total. The second kappa shape index (κ2) is 7.10. The van der Waals surface area contributed by atoms with E-state index in [2.05, 4.69) is 41.8 Å². The molecule has 1 aromatic heterocycles. The summed E-state index contributed by atoms with van der Waals surface area (Å²) in [7, 11) is 3.15. The highest BCUT2D eigenvalue weighted by atomic mass is 79.9. The second-order valence-corrected chi connectivity index (χ2v) is 7.77. The molecular weight excluding hydrogens is 492 g/mol. The van der Waals surface area contributed by atoms with Crippen LogP contribution in [0, 0.1) is 0 Å². The van der Waals surface area contributed by atoms with Crippen LogP contribution in [0.3, 0.4) is 0 Å². The smallest absolute Gasteiger partial charge is 0.280 e. The molecule has 1 amide bonds. The monoisotopic (exact) mass is 504 g/mol. The SMILES string of the molecule is COc1ccc(C2=NC(=O)c3c(-c4ccc(OC)c(Br)c4)[nH]c(O)c32)cc1Br.